The molecule has 0 atom stereocenters. The fraction of sp³-hybridized carbons (Fsp3) is 1.00. The van der Waals surface area contributed by atoms with Crippen LogP contribution in [-0.4, -0.2) is 41.8 Å². The fourth-order valence-corrected chi connectivity index (χ4v) is 0.692. The lowest BCUT2D eigenvalue weighted by Gasteiger charge is -2.07. The van der Waals surface area contributed by atoms with E-state index in [1.165, 1.54) is 0 Å². The summed E-state index contributed by atoms with van der Waals surface area (Å²) in [7, 11) is -4.31. The van der Waals surface area contributed by atoms with Crippen molar-refractivity contribution >= 4 is 9.05 Å². The molecule has 4 N–H and O–H groups in total. The molecule has 0 fully saturated rings. The molecule has 0 saturated carbocycles. The van der Waals surface area contributed by atoms with Crippen LogP contribution in [0.15, 0.2) is 0 Å². The topological polar surface area (TPSA) is 90.2 Å². The molecule has 5 nitrogen and oxygen atoms in total. The molecule has 0 heterocycles. The van der Waals surface area contributed by atoms with E-state index in [0.717, 1.165) is 0 Å². The van der Waals surface area contributed by atoms with Gasteiger partial charge in [-0.25, -0.2) is 0 Å². The monoisotopic (exact) mass is 154 g/mol. The summed E-state index contributed by atoms with van der Waals surface area (Å²) in [4.78, 5) is 24.6. The van der Waals surface area contributed by atoms with E-state index in [1.54, 1.807) is 0 Å². The van der Waals surface area contributed by atoms with Gasteiger partial charge in [-0.15, -0.1) is 0 Å². The Morgan fingerprint density at radius 1 is 1.22 bits per heavy atom. The van der Waals surface area contributed by atoms with E-state index in [1.807, 2.05) is 0 Å². The van der Waals surface area contributed by atoms with Crippen LogP contribution >= 0.6 is 0 Å². The van der Waals surface area contributed by atoms with Gasteiger partial charge >= 0.3 is 9.05 Å². The van der Waals surface area contributed by atoms with E-state index in [0.29, 0.717) is 0 Å². The Morgan fingerprint density at radius 2 is 1.78 bits per heavy atom. The summed E-state index contributed by atoms with van der Waals surface area (Å²) in [5, 5.41) is 8.15. The molecule has 0 unspecified atom stereocenters. The van der Waals surface area contributed by atoms with Gasteiger partial charge < -0.3 is 23.9 Å². The van der Waals surface area contributed by atoms with Crippen LogP contribution in [-0.2, 0) is 4.43 Å². The highest BCUT2D eigenvalue weighted by atomic mass is 28.4. The van der Waals surface area contributed by atoms with Crippen LogP contribution in [0.1, 0.15) is 6.42 Å². The van der Waals surface area contributed by atoms with Crippen LogP contribution in [0.25, 0.3) is 0 Å². The van der Waals surface area contributed by atoms with Crippen molar-refractivity contribution < 1.29 is 23.9 Å². The lowest BCUT2D eigenvalue weighted by atomic mass is 10.5. The number of hydrogen-bond acceptors (Lipinski definition) is 5. The molecular formula is C3H10O5Si. The second-order valence-electron chi connectivity index (χ2n) is 1.50. The zero-order valence-corrected chi connectivity index (χ0v) is 5.82. The second kappa shape index (κ2) is 3.93. The zero-order valence-electron chi connectivity index (χ0n) is 4.82. The molecule has 0 aromatic carbocycles. The number of aliphatic hydroxyl groups is 1. The van der Waals surface area contributed by atoms with Crippen molar-refractivity contribution in [1.29, 1.82) is 0 Å². The van der Waals surface area contributed by atoms with Crippen LogP contribution in [0.2, 0.25) is 0 Å². The smallest absolute Gasteiger partial charge is 0.396 e. The maximum atomic E-state index is 8.19. The van der Waals surface area contributed by atoms with Crippen LogP contribution in [0.3, 0.4) is 0 Å². The van der Waals surface area contributed by atoms with Crippen LogP contribution < -0.4 is 0 Å². The van der Waals surface area contributed by atoms with Crippen molar-refractivity contribution in [3.8, 4) is 0 Å². The molecule has 0 aliphatic rings. The summed E-state index contributed by atoms with van der Waals surface area (Å²) < 4.78 is 4.12. The minimum Gasteiger partial charge on any atom is -0.396 e. The minimum atomic E-state index is -4.31. The lowest BCUT2D eigenvalue weighted by Crippen LogP contribution is -2.39. The van der Waals surface area contributed by atoms with Crippen molar-refractivity contribution in [1.82, 2.24) is 0 Å². The van der Waals surface area contributed by atoms with E-state index in [-0.39, 0.29) is 19.6 Å². The molecule has 0 aromatic heterocycles. The highest BCUT2D eigenvalue weighted by molar-refractivity contribution is 6.48. The Bertz CT molecular complexity index is 69.1. The molecule has 0 rings (SSSR count). The maximum absolute atomic E-state index is 8.19. The third-order valence-electron chi connectivity index (χ3n) is 0.598. The zero-order chi connectivity index (χ0) is 7.33. The Morgan fingerprint density at radius 3 is 2.11 bits per heavy atom. The van der Waals surface area contributed by atoms with Crippen LogP contribution in [0.4, 0.5) is 0 Å². The van der Waals surface area contributed by atoms with Gasteiger partial charge in [0, 0.05) is 13.2 Å². The number of hydrogen-bond donors (Lipinski definition) is 4. The average Bonchev–Trinajstić information content (AvgIpc) is 1.63. The van der Waals surface area contributed by atoms with Crippen molar-refractivity contribution in [2.75, 3.05) is 13.2 Å². The summed E-state index contributed by atoms with van der Waals surface area (Å²) in [6.45, 7) is -0.128. The van der Waals surface area contributed by atoms with Crippen LogP contribution in [0, 0.1) is 0 Å². The van der Waals surface area contributed by atoms with Crippen molar-refractivity contribution in [2.24, 2.45) is 0 Å². The molecule has 0 amide bonds. The Hall–Kier alpha value is 0.0169. The third kappa shape index (κ3) is 8.02. The first-order chi connectivity index (χ1) is 4.06. The van der Waals surface area contributed by atoms with Crippen molar-refractivity contribution in [3.63, 3.8) is 0 Å². The molecular weight excluding hydrogens is 144 g/mol. The van der Waals surface area contributed by atoms with Gasteiger partial charge in [-0.2, -0.15) is 0 Å². The molecule has 9 heavy (non-hydrogen) atoms. The molecule has 6 heteroatoms. The standard InChI is InChI=1S/C3H10O5Si/c4-2-1-3-8-9(5,6)7/h4-7H,1-3H2. The van der Waals surface area contributed by atoms with Gasteiger partial charge in [0.25, 0.3) is 0 Å². The molecule has 0 aromatic rings. The van der Waals surface area contributed by atoms with Crippen molar-refractivity contribution in [3.05, 3.63) is 0 Å². The summed E-state index contributed by atoms with van der Waals surface area (Å²) in [5.74, 6) is 0. The van der Waals surface area contributed by atoms with Gasteiger partial charge in [0.2, 0.25) is 0 Å². The lowest BCUT2D eigenvalue weighted by molar-refractivity contribution is 0.0580. The molecule has 0 aliphatic heterocycles. The first kappa shape index (κ1) is 9.02. The van der Waals surface area contributed by atoms with Gasteiger partial charge in [-0.3, -0.25) is 0 Å². The number of rotatable bonds is 4. The summed E-state index contributed by atoms with van der Waals surface area (Å²) in [6, 6.07) is 0. The summed E-state index contributed by atoms with van der Waals surface area (Å²) in [5.41, 5.74) is 0. The summed E-state index contributed by atoms with van der Waals surface area (Å²) >= 11 is 0. The predicted octanol–water partition coefficient (Wildman–Crippen LogP) is -2.20. The van der Waals surface area contributed by atoms with Gasteiger partial charge in [-0.1, -0.05) is 0 Å². The average molecular weight is 154 g/mol. The Balaban J connectivity index is 3.07. The van der Waals surface area contributed by atoms with Gasteiger partial charge in [0.1, 0.15) is 0 Å². The SMILES string of the molecule is OCCCO[Si](O)(O)O. The molecule has 0 aliphatic carbocycles. The summed E-state index contributed by atoms with van der Waals surface area (Å²) in [6.07, 6.45) is 0.288. The first-order valence-corrected chi connectivity index (χ1v) is 4.23. The largest absolute Gasteiger partial charge is 0.671 e. The molecule has 0 saturated heterocycles. The first-order valence-electron chi connectivity index (χ1n) is 2.48. The highest BCUT2D eigenvalue weighted by Crippen LogP contribution is 1.89. The minimum absolute atomic E-state index is 0.0355. The predicted molar refractivity (Wildman–Crippen MR) is 30.1 cm³/mol. The van der Waals surface area contributed by atoms with E-state index in [2.05, 4.69) is 4.43 Å². The normalized spacial score (nSPS) is 12.0. The Labute approximate surface area is 53.6 Å². The van der Waals surface area contributed by atoms with E-state index in [4.69, 9.17) is 19.5 Å². The second-order valence-corrected chi connectivity index (χ2v) is 2.94. The fourth-order valence-electron chi connectivity index (χ4n) is 0.274. The van der Waals surface area contributed by atoms with E-state index < -0.39 is 9.05 Å². The van der Waals surface area contributed by atoms with Gasteiger partial charge in [0.15, 0.2) is 0 Å². The highest BCUT2D eigenvalue weighted by Gasteiger charge is 2.29. The van der Waals surface area contributed by atoms with Crippen LogP contribution in [0.5, 0.6) is 0 Å². The molecule has 56 valence electrons. The van der Waals surface area contributed by atoms with E-state index >= 15 is 0 Å². The third-order valence-corrected chi connectivity index (χ3v) is 1.19. The van der Waals surface area contributed by atoms with E-state index in [9.17, 15) is 0 Å². The number of aliphatic hydroxyl groups excluding tert-OH is 1. The van der Waals surface area contributed by atoms with Crippen molar-refractivity contribution in [2.45, 2.75) is 6.42 Å². The van der Waals surface area contributed by atoms with Gasteiger partial charge in [0.05, 0.1) is 0 Å². The molecule has 0 radical (unpaired) electrons. The van der Waals surface area contributed by atoms with Gasteiger partial charge in [-0.05, 0) is 6.42 Å². The quantitative estimate of drug-likeness (QED) is 0.272. The maximum Gasteiger partial charge on any atom is 0.671 e. The Kier molecular flexibility index (Phi) is 3.94. The molecule has 0 bridgehead atoms. The molecule has 0 spiro atoms.